The zero-order valence-corrected chi connectivity index (χ0v) is 16.9. The fourth-order valence-corrected chi connectivity index (χ4v) is 3.26. The van der Waals surface area contributed by atoms with Crippen LogP contribution in [-0.4, -0.2) is 47.1 Å². The number of aryl methyl sites for hydroxylation is 1. The molecule has 2 aromatic carbocycles. The summed E-state index contributed by atoms with van der Waals surface area (Å²) in [7, 11) is 0. The molecule has 4 rings (SSSR count). The van der Waals surface area contributed by atoms with Gasteiger partial charge in [0.15, 0.2) is 0 Å². The van der Waals surface area contributed by atoms with E-state index in [-0.39, 0.29) is 11.9 Å². The molecule has 3 aromatic rings. The fraction of sp³-hybridized carbons (Fsp3) is 0.261. The molecule has 1 saturated heterocycles. The van der Waals surface area contributed by atoms with Crippen LogP contribution in [0.25, 0.3) is 0 Å². The number of amides is 1. The summed E-state index contributed by atoms with van der Waals surface area (Å²) in [5.41, 5.74) is 3.30. The molecule has 7 nitrogen and oxygen atoms in total. The van der Waals surface area contributed by atoms with Gasteiger partial charge in [-0.2, -0.15) is 0 Å². The Bertz CT molecular complexity index is 1000. The molecule has 0 bridgehead atoms. The van der Waals surface area contributed by atoms with E-state index in [1.54, 1.807) is 24.5 Å². The highest BCUT2D eigenvalue weighted by Crippen LogP contribution is 2.26. The van der Waals surface area contributed by atoms with Crippen LogP contribution in [0.5, 0.6) is 11.8 Å². The van der Waals surface area contributed by atoms with Gasteiger partial charge in [0.1, 0.15) is 5.75 Å². The maximum absolute atomic E-state index is 12.8. The minimum absolute atomic E-state index is 0.162. The van der Waals surface area contributed by atoms with Crippen molar-refractivity contribution in [2.24, 2.45) is 0 Å². The molecule has 1 aliphatic heterocycles. The van der Waals surface area contributed by atoms with Crippen molar-refractivity contribution in [2.45, 2.75) is 13.5 Å². The van der Waals surface area contributed by atoms with Crippen molar-refractivity contribution in [3.05, 3.63) is 77.6 Å². The van der Waals surface area contributed by atoms with E-state index >= 15 is 0 Å². The molecule has 1 fully saturated rings. The Labute approximate surface area is 175 Å². The topological polar surface area (TPSA) is 76.6 Å². The van der Waals surface area contributed by atoms with Crippen LogP contribution in [0.3, 0.4) is 0 Å². The van der Waals surface area contributed by atoms with Gasteiger partial charge in [0, 0.05) is 49.3 Å². The second kappa shape index (κ2) is 9.47. The predicted molar refractivity (Wildman–Crippen MR) is 114 cm³/mol. The largest absolute Gasteiger partial charge is 0.424 e. The van der Waals surface area contributed by atoms with Gasteiger partial charge in [0.05, 0.1) is 13.2 Å². The Hall–Kier alpha value is -3.29. The molecule has 2 heterocycles. The predicted octanol–water partition coefficient (Wildman–Crippen LogP) is 3.66. The molecule has 0 spiro atoms. The Morgan fingerprint density at radius 3 is 2.70 bits per heavy atom. The van der Waals surface area contributed by atoms with Gasteiger partial charge in [0.25, 0.3) is 5.91 Å². The van der Waals surface area contributed by atoms with Crippen LogP contribution in [0, 0.1) is 6.92 Å². The molecule has 30 heavy (non-hydrogen) atoms. The summed E-state index contributed by atoms with van der Waals surface area (Å²) in [6.45, 7) is 6.07. The van der Waals surface area contributed by atoms with Crippen molar-refractivity contribution in [3.8, 4) is 11.8 Å². The van der Waals surface area contributed by atoms with Crippen LogP contribution >= 0.6 is 0 Å². The van der Waals surface area contributed by atoms with Crippen molar-refractivity contribution >= 4 is 11.6 Å². The summed E-state index contributed by atoms with van der Waals surface area (Å²) >= 11 is 0. The minimum atomic E-state index is -0.162. The number of nitrogens with zero attached hydrogens (tertiary/aromatic N) is 3. The van der Waals surface area contributed by atoms with Gasteiger partial charge in [-0.3, -0.25) is 9.69 Å². The van der Waals surface area contributed by atoms with Crippen LogP contribution in [0.2, 0.25) is 0 Å². The number of benzene rings is 2. The molecule has 154 valence electrons. The summed E-state index contributed by atoms with van der Waals surface area (Å²) in [6.07, 6.45) is 3.24. The van der Waals surface area contributed by atoms with E-state index in [0.29, 0.717) is 17.0 Å². The van der Waals surface area contributed by atoms with Crippen molar-refractivity contribution < 1.29 is 14.3 Å². The van der Waals surface area contributed by atoms with Crippen molar-refractivity contribution in [3.63, 3.8) is 0 Å². The van der Waals surface area contributed by atoms with Crippen molar-refractivity contribution in [1.29, 1.82) is 0 Å². The number of ether oxygens (including phenoxy) is 2. The van der Waals surface area contributed by atoms with Gasteiger partial charge in [-0.05, 0) is 42.3 Å². The molecular weight excluding hydrogens is 380 g/mol. The van der Waals surface area contributed by atoms with E-state index in [2.05, 4.69) is 20.2 Å². The Morgan fingerprint density at radius 1 is 1.10 bits per heavy atom. The standard InChI is InChI=1S/C23H24N4O3/c1-17-6-7-20(15-21(17)30-23-24-8-3-9-25-23)26-22(28)19-5-2-4-18(14-19)16-27-10-12-29-13-11-27/h2-9,14-15H,10-13,16H2,1H3,(H,26,28). The maximum Gasteiger partial charge on any atom is 0.321 e. The first kappa shape index (κ1) is 20.0. The molecule has 0 saturated carbocycles. The summed E-state index contributed by atoms with van der Waals surface area (Å²) in [5, 5.41) is 2.95. The number of hydrogen-bond donors (Lipinski definition) is 1. The lowest BCUT2D eigenvalue weighted by molar-refractivity contribution is 0.0342. The van der Waals surface area contributed by atoms with Gasteiger partial charge >= 0.3 is 6.01 Å². The van der Waals surface area contributed by atoms with Crippen LogP contribution in [0.1, 0.15) is 21.5 Å². The first-order valence-electron chi connectivity index (χ1n) is 9.93. The minimum Gasteiger partial charge on any atom is -0.424 e. The number of hydrogen-bond acceptors (Lipinski definition) is 6. The van der Waals surface area contributed by atoms with Crippen molar-refractivity contribution in [1.82, 2.24) is 14.9 Å². The monoisotopic (exact) mass is 404 g/mol. The lowest BCUT2D eigenvalue weighted by Gasteiger charge is -2.26. The summed E-state index contributed by atoms with van der Waals surface area (Å²) in [6, 6.07) is 15.2. The van der Waals surface area contributed by atoms with Crippen molar-refractivity contribution in [2.75, 3.05) is 31.6 Å². The van der Waals surface area contributed by atoms with E-state index in [4.69, 9.17) is 9.47 Å². The van der Waals surface area contributed by atoms with Gasteiger partial charge < -0.3 is 14.8 Å². The number of aromatic nitrogens is 2. The number of carbonyl (C=O) groups is 1. The van der Waals surface area contributed by atoms with E-state index in [1.807, 2.05) is 43.3 Å². The molecular formula is C23H24N4O3. The number of rotatable bonds is 6. The molecule has 1 amide bonds. The third-order valence-corrected chi connectivity index (χ3v) is 4.89. The van der Waals surface area contributed by atoms with Crippen LogP contribution in [0.15, 0.2) is 60.9 Å². The molecule has 7 heteroatoms. The van der Waals surface area contributed by atoms with E-state index in [0.717, 1.165) is 44.0 Å². The number of carbonyl (C=O) groups excluding carboxylic acids is 1. The highest BCUT2D eigenvalue weighted by atomic mass is 16.5. The zero-order chi connectivity index (χ0) is 20.8. The lowest BCUT2D eigenvalue weighted by atomic mass is 10.1. The summed E-state index contributed by atoms with van der Waals surface area (Å²) < 4.78 is 11.1. The first-order valence-corrected chi connectivity index (χ1v) is 9.93. The highest BCUT2D eigenvalue weighted by molar-refractivity contribution is 6.04. The van der Waals surface area contributed by atoms with E-state index in [1.165, 1.54) is 0 Å². The second-order valence-corrected chi connectivity index (χ2v) is 7.16. The van der Waals surface area contributed by atoms with Gasteiger partial charge in [-0.15, -0.1) is 0 Å². The summed E-state index contributed by atoms with van der Waals surface area (Å²) in [4.78, 5) is 23.3. The van der Waals surface area contributed by atoms with Gasteiger partial charge in [-0.25, -0.2) is 9.97 Å². The highest BCUT2D eigenvalue weighted by Gasteiger charge is 2.13. The van der Waals surface area contributed by atoms with E-state index in [9.17, 15) is 4.79 Å². The van der Waals surface area contributed by atoms with Crippen LogP contribution in [-0.2, 0) is 11.3 Å². The Morgan fingerprint density at radius 2 is 1.90 bits per heavy atom. The molecule has 1 aliphatic rings. The zero-order valence-electron chi connectivity index (χ0n) is 16.9. The average molecular weight is 404 g/mol. The Balaban J connectivity index is 1.44. The third kappa shape index (κ3) is 5.20. The first-order chi connectivity index (χ1) is 14.7. The average Bonchev–Trinajstić information content (AvgIpc) is 2.78. The smallest absolute Gasteiger partial charge is 0.321 e. The fourth-order valence-electron chi connectivity index (χ4n) is 3.26. The van der Waals surface area contributed by atoms with E-state index < -0.39 is 0 Å². The maximum atomic E-state index is 12.8. The van der Waals surface area contributed by atoms with Crippen LogP contribution < -0.4 is 10.1 Å². The molecule has 0 radical (unpaired) electrons. The Kier molecular flexibility index (Phi) is 6.32. The normalized spacial score (nSPS) is 14.3. The van der Waals surface area contributed by atoms with Gasteiger partial charge in [0.2, 0.25) is 0 Å². The molecule has 1 N–H and O–H groups in total. The molecule has 0 atom stereocenters. The van der Waals surface area contributed by atoms with Gasteiger partial charge in [-0.1, -0.05) is 18.2 Å². The third-order valence-electron chi connectivity index (χ3n) is 4.89. The van der Waals surface area contributed by atoms with Crippen LogP contribution in [0.4, 0.5) is 5.69 Å². The molecule has 0 unspecified atom stereocenters. The summed E-state index contributed by atoms with van der Waals surface area (Å²) in [5.74, 6) is 0.435. The number of morpholine rings is 1. The number of anilines is 1. The lowest BCUT2D eigenvalue weighted by Crippen LogP contribution is -2.35. The number of nitrogens with one attached hydrogen (secondary N) is 1. The quantitative estimate of drug-likeness (QED) is 0.676. The SMILES string of the molecule is Cc1ccc(NC(=O)c2cccc(CN3CCOCC3)c2)cc1Oc1ncccn1. The molecule has 1 aromatic heterocycles. The second-order valence-electron chi connectivity index (χ2n) is 7.16. The molecule has 0 aliphatic carbocycles.